The Morgan fingerprint density at radius 3 is 2.25 bits per heavy atom. The third-order valence-corrected chi connectivity index (χ3v) is 2.58. The van der Waals surface area contributed by atoms with Crippen molar-refractivity contribution in [3.8, 4) is 0 Å². The summed E-state index contributed by atoms with van der Waals surface area (Å²) < 4.78 is 3.19. The summed E-state index contributed by atoms with van der Waals surface area (Å²) in [6.07, 6.45) is 3.51. The van der Waals surface area contributed by atoms with Crippen molar-refractivity contribution in [1.82, 2.24) is 9.13 Å². The van der Waals surface area contributed by atoms with E-state index in [1.807, 2.05) is 24.3 Å². The van der Waals surface area contributed by atoms with E-state index >= 15 is 0 Å². The Labute approximate surface area is 93.4 Å². The molecular formula is C12H14N2O2. The minimum absolute atomic E-state index is 0.0220. The smallest absolute Gasteiger partial charge is 0.328 e. The fraction of sp³-hybridized carbons (Fsp3) is 0.250. The summed E-state index contributed by atoms with van der Waals surface area (Å²) in [5.74, 6) is 0. The van der Waals surface area contributed by atoms with Crippen molar-refractivity contribution in [3.05, 3.63) is 58.3 Å². The highest BCUT2D eigenvalue weighted by molar-refractivity contribution is 5.22. The summed E-state index contributed by atoms with van der Waals surface area (Å²) in [5, 5.41) is 8.91. The molecule has 0 amide bonds. The first-order chi connectivity index (χ1) is 7.70. The Hall–Kier alpha value is -1.81. The number of aryl methyl sites for hydroxylation is 1. The molecule has 84 valence electrons. The van der Waals surface area contributed by atoms with Crippen LogP contribution in [0.15, 0.2) is 41.5 Å². The zero-order valence-corrected chi connectivity index (χ0v) is 9.13. The lowest BCUT2D eigenvalue weighted by atomic mass is 10.1. The van der Waals surface area contributed by atoms with Crippen molar-refractivity contribution in [3.63, 3.8) is 0 Å². The number of aliphatic hydroxyl groups is 1. The average Bonchev–Trinajstić information content (AvgIpc) is 2.62. The first-order valence-electron chi connectivity index (χ1n) is 5.11. The molecule has 0 atom stereocenters. The van der Waals surface area contributed by atoms with Crippen LogP contribution in [0.2, 0.25) is 0 Å². The lowest BCUT2D eigenvalue weighted by molar-refractivity contribution is 0.282. The van der Waals surface area contributed by atoms with Crippen LogP contribution in [0.25, 0.3) is 0 Å². The Kier molecular flexibility index (Phi) is 2.92. The predicted octanol–water partition coefficient (Wildman–Crippen LogP) is 0.727. The number of aliphatic hydroxyl groups excluding tert-OH is 1. The van der Waals surface area contributed by atoms with E-state index in [0.29, 0.717) is 6.54 Å². The van der Waals surface area contributed by atoms with Gasteiger partial charge in [-0.05, 0) is 11.1 Å². The van der Waals surface area contributed by atoms with E-state index in [0.717, 1.165) is 11.1 Å². The van der Waals surface area contributed by atoms with Gasteiger partial charge in [0.2, 0.25) is 0 Å². The van der Waals surface area contributed by atoms with Crippen molar-refractivity contribution < 1.29 is 5.11 Å². The van der Waals surface area contributed by atoms with Gasteiger partial charge in [0.15, 0.2) is 0 Å². The Morgan fingerprint density at radius 2 is 1.75 bits per heavy atom. The number of benzene rings is 1. The fourth-order valence-electron chi connectivity index (χ4n) is 1.58. The molecule has 0 radical (unpaired) electrons. The van der Waals surface area contributed by atoms with E-state index in [-0.39, 0.29) is 12.3 Å². The van der Waals surface area contributed by atoms with Crippen LogP contribution in [0.3, 0.4) is 0 Å². The quantitative estimate of drug-likeness (QED) is 0.825. The molecule has 2 aromatic rings. The standard InChI is InChI=1S/C12H14N2O2/c1-13-6-7-14(12(13)16)8-10-2-4-11(9-15)5-3-10/h2-7,15H,8-9H2,1H3. The van der Waals surface area contributed by atoms with Crippen LogP contribution in [0, 0.1) is 0 Å². The van der Waals surface area contributed by atoms with Gasteiger partial charge in [0.1, 0.15) is 0 Å². The maximum atomic E-state index is 11.6. The SMILES string of the molecule is Cn1ccn(Cc2ccc(CO)cc2)c1=O. The van der Waals surface area contributed by atoms with E-state index in [2.05, 4.69) is 0 Å². The van der Waals surface area contributed by atoms with Gasteiger partial charge in [-0.25, -0.2) is 4.79 Å². The molecule has 0 fully saturated rings. The summed E-state index contributed by atoms with van der Waals surface area (Å²) in [6.45, 7) is 0.608. The molecule has 4 heteroatoms. The third kappa shape index (κ3) is 2.06. The van der Waals surface area contributed by atoms with Gasteiger partial charge in [-0.3, -0.25) is 4.57 Å². The van der Waals surface area contributed by atoms with Crippen molar-refractivity contribution in [2.24, 2.45) is 7.05 Å². The van der Waals surface area contributed by atoms with Gasteiger partial charge in [0, 0.05) is 19.4 Å². The van der Waals surface area contributed by atoms with E-state index in [4.69, 9.17) is 5.11 Å². The Balaban J connectivity index is 2.21. The van der Waals surface area contributed by atoms with Gasteiger partial charge >= 0.3 is 5.69 Å². The normalized spacial score (nSPS) is 10.6. The molecular weight excluding hydrogens is 204 g/mol. The number of hydrogen-bond acceptors (Lipinski definition) is 2. The highest BCUT2D eigenvalue weighted by Gasteiger charge is 2.00. The lowest BCUT2D eigenvalue weighted by Gasteiger charge is -2.02. The first kappa shape index (κ1) is 10.7. The van der Waals surface area contributed by atoms with Crippen LogP contribution < -0.4 is 5.69 Å². The first-order valence-corrected chi connectivity index (χ1v) is 5.11. The fourth-order valence-corrected chi connectivity index (χ4v) is 1.58. The zero-order valence-electron chi connectivity index (χ0n) is 9.13. The van der Waals surface area contributed by atoms with Crippen LogP contribution in [0.5, 0.6) is 0 Å². The number of aromatic nitrogens is 2. The molecule has 0 saturated heterocycles. The zero-order chi connectivity index (χ0) is 11.5. The second kappa shape index (κ2) is 4.37. The molecule has 1 aromatic heterocycles. The van der Waals surface area contributed by atoms with Crippen molar-refractivity contribution >= 4 is 0 Å². The van der Waals surface area contributed by atoms with Crippen LogP contribution in [-0.2, 0) is 20.2 Å². The van der Waals surface area contributed by atoms with E-state index in [1.165, 1.54) is 0 Å². The van der Waals surface area contributed by atoms with Crippen molar-refractivity contribution in [1.29, 1.82) is 0 Å². The molecule has 0 saturated carbocycles. The second-order valence-corrected chi connectivity index (χ2v) is 3.79. The molecule has 1 heterocycles. The van der Waals surface area contributed by atoms with Gasteiger partial charge in [0.25, 0.3) is 0 Å². The third-order valence-electron chi connectivity index (χ3n) is 2.58. The summed E-state index contributed by atoms with van der Waals surface area (Å²) in [6, 6.07) is 7.57. The van der Waals surface area contributed by atoms with Crippen LogP contribution in [0.4, 0.5) is 0 Å². The molecule has 1 N–H and O–H groups in total. The van der Waals surface area contributed by atoms with E-state index in [1.54, 1.807) is 28.6 Å². The van der Waals surface area contributed by atoms with Crippen molar-refractivity contribution in [2.45, 2.75) is 13.2 Å². The monoisotopic (exact) mass is 218 g/mol. The molecule has 0 bridgehead atoms. The van der Waals surface area contributed by atoms with Crippen LogP contribution in [0.1, 0.15) is 11.1 Å². The molecule has 0 aliphatic heterocycles. The second-order valence-electron chi connectivity index (χ2n) is 3.79. The van der Waals surface area contributed by atoms with Gasteiger partial charge in [-0.1, -0.05) is 24.3 Å². The van der Waals surface area contributed by atoms with E-state index in [9.17, 15) is 4.79 Å². The maximum absolute atomic E-state index is 11.6. The molecule has 4 nitrogen and oxygen atoms in total. The molecule has 1 aromatic carbocycles. The minimum Gasteiger partial charge on any atom is -0.392 e. The largest absolute Gasteiger partial charge is 0.392 e. The Morgan fingerprint density at radius 1 is 1.12 bits per heavy atom. The number of rotatable bonds is 3. The predicted molar refractivity (Wildman–Crippen MR) is 61.1 cm³/mol. The summed E-state index contributed by atoms with van der Waals surface area (Å²) in [5.41, 5.74) is 1.90. The lowest BCUT2D eigenvalue weighted by Crippen LogP contribution is -2.22. The van der Waals surface area contributed by atoms with E-state index < -0.39 is 0 Å². The summed E-state index contributed by atoms with van der Waals surface area (Å²) >= 11 is 0. The number of imidazole rings is 1. The topological polar surface area (TPSA) is 47.2 Å². The Bertz CT molecular complexity index is 523. The minimum atomic E-state index is -0.0220. The highest BCUT2D eigenvalue weighted by atomic mass is 16.3. The van der Waals surface area contributed by atoms with Crippen molar-refractivity contribution in [2.75, 3.05) is 0 Å². The molecule has 2 rings (SSSR count). The number of nitrogens with zero attached hydrogens (tertiary/aromatic N) is 2. The summed E-state index contributed by atoms with van der Waals surface area (Å²) in [4.78, 5) is 11.6. The van der Waals surface area contributed by atoms with Crippen LogP contribution in [-0.4, -0.2) is 14.2 Å². The van der Waals surface area contributed by atoms with Crippen LogP contribution >= 0.6 is 0 Å². The highest BCUT2D eigenvalue weighted by Crippen LogP contribution is 2.05. The molecule has 0 spiro atoms. The molecule has 0 unspecified atom stereocenters. The van der Waals surface area contributed by atoms with Gasteiger partial charge in [-0.2, -0.15) is 0 Å². The van der Waals surface area contributed by atoms with Gasteiger partial charge < -0.3 is 9.67 Å². The van der Waals surface area contributed by atoms with Gasteiger partial charge in [-0.15, -0.1) is 0 Å². The van der Waals surface area contributed by atoms with Gasteiger partial charge in [0.05, 0.1) is 13.2 Å². The summed E-state index contributed by atoms with van der Waals surface area (Å²) in [7, 11) is 1.73. The molecule has 0 aliphatic carbocycles. The molecule has 16 heavy (non-hydrogen) atoms. The average molecular weight is 218 g/mol. The molecule has 0 aliphatic rings. The number of hydrogen-bond donors (Lipinski definition) is 1. The maximum Gasteiger partial charge on any atom is 0.328 e.